The Morgan fingerprint density at radius 3 is 2.31 bits per heavy atom. The van der Waals surface area contributed by atoms with Crippen LogP contribution in [0, 0.1) is 0 Å². The van der Waals surface area contributed by atoms with E-state index in [0.29, 0.717) is 6.07 Å². The van der Waals surface area contributed by atoms with Crippen LogP contribution in [0.3, 0.4) is 0 Å². The summed E-state index contributed by atoms with van der Waals surface area (Å²) < 4.78 is 62.2. The predicted octanol–water partition coefficient (Wildman–Crippen LogP) is 3.18. The molecule has 0 unspecified atom stereocenters. The van der Waals surface area contributed by atoms with Gasteiger partial charge >= 0.3 is 6.18 Å². The molecule has 0 aliphatic carbocycles. The lowest BCUT2D eigenvalue weighted by atomic mass is 10.1. The van der Waals surface area contributed by atoms with Crippen LogP contribution in [0.1, 0.15) is 23.2 Å². The van der Waals surface area contributed by atoms with E-state index in [4.69, 9.17) is 16.7 Å². The molecule has 0 bridgehead atoms. The van der Waals surface area contributed by atoms with Gasteiger partial charge in [-0.15, -0.1) is 0 Å². The topological polar surface area (TPSA) is 33.1 Å². The first-order valence-electron chi connectivity index (χ1n) is 3.93. The molecule has 1 aromatic heterocycles. The molecular weight excluding hydrogens is 257 g/mol. The summed E-state index contributed by atoms with van der Waals surface area (Å²) in [5, 5.41) is 8.13. The molecule has 1 rings (SSSR count). The second kappa shape index (κ2) is 4.50. The van der Waals surface area contributed by atoms with Gasteiger partial charge in [0.25, 0.3) is 6.43 Å². The molecule has 90 valence electrons. The third-order valence-corrected chi connectivity index (χ3v) is 1.96. The van der Waals surface area contributed by atoms with Crippen LogP contribution in [0.5, 0.6) is 0 Å². The molecule has 0 saturated heterocycles. The normalized spacial score (nSPS) is 12.2. The van der Waals surface area contributed by atoms with Gasteiger partial charge in [0.1, 0.15) is 5.15 Å². The first kappa shape index (κ1) is 13.1. The number of halogens is 6. The molecule has 0 aliphatic heterocycles. The number of hydrogen-bond donors (Lipinski definition) is 1. The van der Waals surface area contributed by atoms with Gasteiger partial charge < -0.3 is 5.11 Å². The number of alkyl halides is 5. The van der Waals surface area contributed by atoms with Crippen LogP contribution in [0.2, 0.25) is 5.15 Å². The van der Waals surface area contributed by atoms with Gasteiger partial charge in [-0.3, -0.25) is 0 Å². The van der Waals surface area contributed by atoms with Crippen LogP contribution < -0.4 is 0 Å². The first-order valence-corrected chi connectivity index (χ1v) is 4.30. The molecule has 0 atom stereocenters. The maximum Gasteiger partial charge on any atom is 0.418 e. The minimum atomic E-state index is -5.01. The van der Waals surface area contributed by atoms with Crippen molar-refractivity contribution in [3.63, 3.8) is 0 Å². The molecule has 8 heteroatoms. The standard InChI is InChI=1S/C8H5ClF5NO/c9-5-1-3(7(10)11)6(8(12,13)14)4(2-16)15-5/h1,7,16H,2H2. The summed E-state index contributed by atoms with van der Waals surface area (Å²) in [6.45, 7) is -1.12. The van der Waals surface area contributed by atoms with Crippen molar-refractivity contribution >= 4 is 11.6 Å². The Morgan fingerprint density at radius 1 is 1.38 bits per heavy atom. The Labute approximate surface area is 91.7 Å². The van der Waals surface area contributed by atoms with Crippen molar-refractivity contribution in [1.29, 1.82) is 0 Å². The minimum Gasteiger partial charge on any atom is -0.390 e. The molecule has 0 radical (unpaired) electrons. The van der Waals surface area contributed by atoms with E-state index in [-0.39, 0.29) is 0 Å². The fraction of sp³-hybridized carbons (Fsp3) is 0.375. The molecule has 1 heterocycles. The van der Waals surface area contributed by atoms with E-state index in [1.165, 1.54) is 0 Å². The molecule has 2 nitrogen and oxygen atoms in total. The summed E-state index contributed by atoms with van der Waals surface area (Å²) in [5.74, 6) is 0. The summed E-state index contributed by atoms with van der Waals surface area (Å²) >= 11 is 5.27. The second-order valence-corrected chi connectivity index (χ2v) is 3.20. The van der Waals surface area contributed by atoms with E-state index in [0.717, 1.165) is 0 Å². The van der Waals surface area contributed by atoms with E-state index in [2.05, 4.69) is 4.98 Å². The minimum absolute atomic E-state index is 0.439. The smallest absolute Gasteiger partial charge is 0.390 e. The van der Waals surface area contributed by atoms with Crippen LogP contribution in [-0.4, -0.2) is 10.1 Å². The highest BCUT2D eigenvalue weighted by atomic mass is 35.5. The van der Waals surface area contributed by atoms with Gasteiger partial charge in [-0.05, 0) is 6.07 Å². The first-order chi connectivity index (χ1) is 7.27. The molecule has 0 saturated carbocycles. The molecule has 0 amide bonds. The monoisotopic (exact) mass is 261 g/mol. The Kier molecular flexibility index (Phi) is 3.69. The fourth-order valence-electron chi connectivity index (χ4n) is 1.20. The average Bonchev–Trinajstić information content (AvgIpc) is 2.14. The van der Waals surface area contributed by atoms with Crippen LogP contribution in [0.4, 0.5) is 22.0 Å². The number of pyridine rings is 1. The number of hydrogen-bond acceptors (Lipinski definition) is 2. The summed E-state index contributed by atoms with van der Waals surface area (Å²) in [4.78, 5) is 3.16. The molecule has 1 N–H and O–H groups in total. The predicted molar refractivity (Wildman–Crippen MR) is 45.1 cm³/mol. The maximum atomic E-state index is 12.5. The quantitative estimate of drug-likeness (QED) is 0.655. The van der Waals surface area contributed by atoms with Gasteiger partial charge in [0.15, 0.2) is 0 Å². The highest BCUT2D eigenvalue weighted by molar-refractivity contribution is 6.29. The van der Waals surface area contributed by atoms with E-state index in [1.54, 1.807) is 0 Å². The number of aliphatic hydroxyl groups excluding tert-OH is 1. The van der Waals surface area contributed by atoms with Crippen molar-refractivity contribution in [1.82, 2.24) is 4.98 Å². The van der Waals surface area contributed by atoms with Crippen molar-refractivity contribution in [2.45, 2.75) is 19.2 Å². The lowest BCUT2D eigenvalue weighted by molar-refractivity contribution is -0.141. The Morgan fingerprint density at radius 2 is 1.94 bits per heavy atom. The van der Waals surface area contributed by atoms with E-state index in [9.17, 15) is 22.0 Å². The van der Waals surface area contributed by atoms with E-state index >= 15 is 0 Å². The van der Waals surface area contributed by atoms with E-state index < -0.39 is 41.2 Å². The Hall–Kier alpha value is -0.950. The maximum absolute atomic E-state index is 12.5. The molecule has 0 aliphatic rings. The second-order valence-electron chi connectivity index (χ2n) is 2.81. The number of nitrogens with zero attached hydrogens (tertiary/aromatic N) is 1. The molecule has 16 heavy (non-hydrogen) atoms. The summed E-state index contributed by atoms with van der Waals surface area (Å²) in [7, 11) is 0. The van der Waals surface area contributed by atoms with Crippen molar-refractivity contribution in [3.05, 3.63) is 28.0 Å². The van der Waals surface area contributed by atoms with Gasteiger partial charge in [0, 0.05) is 5.56 Å². The van der Waals surface area contributed by atoms with Crippen molar-refractivity contribution in [2.24, 2.45) is 0 Å². The summed E-state index contributed by atoms with van der Waals surface area (Å²) in [6, 6.07) is 0.439. The zero-order valence-electron chi connectivity index (χ0n) is 7.52. The lowest BCUT2D eigenvalue weighted by Crippen LogP contribution is -2.15. The zero-order chi connectivity index (χ0) is 12.5. The van der Waals surface area contributed by atoms with Gasteiger partial charge in [-0.1, -0.05) is 11.6 Å². The molecule has 0 fully saturated rings. The summed E-state index contributed by atoms with van der Waals surface area (Å²) in [5.41, 5.74) is -3.82. The largest absolute Gasteiger partial charge is 0.418 e. The highest BCUT2D eigenvalue weighted by Gasteiger charge is 2.39. The third kappa shape index (κ3) is 2.59. The lowest BCUT2D eigenvalue weighted by Gasteiger charge is -2.15. The Bertz CT molecular complexity index is 393. The van der Waals surface area contributed by atoms with Crippen LogP contribution in [0.15, 0.2) is 6.07 Å². The van der Waals surface area contributed by atoms with Crippen LogP contribution >= 0.6 is 11.6 Å². The van der Waals surface area contributed by atoms with Crippen molar-refractivity contribution in [2.75, 3.05) is 0 Å². The highest BCUT2D eigenvalue weighted by Crippen LogP contribution is 2.39. The molecule has 0 spiro atoms. The molecule has 1 aromatic rings. The van der Waals surface area contributed by atoms with Gasteiger partial charge in [-0.2, -0.15) is 13.2 Å². The van der Waals surface area contributed by atoms with E-state index in [1.807, 2.05) is 0 Å². The average molecular weight is 262 g/mol. The van der Waals surface area contributed by atoms with Gasteiger partial charge in [0.2, 0.25) is 0 Å². The van der Waals surface area contributed by atoms with Crippen LogP contribution in [0.25, 0.3) is 0 Å². The van der Waals surface area contributed by atoms with Crippen LogP contribution in [-0.2, 0) is 12.8 Å². The van der Waals surface area contributed by atoms with Crippen molar-refractivity contribution < 1.29 is 27.1 Å². The molecule has 0 aromatic carbocycles. The Balaban J connectivity index is 3.52. The fourth-order valence-corrected chi connectivity index (χ4v) is 1.42. The summed E-state index contributed by atoms with van der Waals surface area (Å²) in [6.07, 6.45) is -8.36. The third-order valence-electron chi connectivity index (χ3n) is 1.76. The number of aromatic nitrogens is 1. The van der Waals surface area contributed by atoms with Gasteiger partial charge in [0.05, 0.1) is 17.9 Å². The number of aliphatic hydroxyl groups is 1. The van der Waals surface area contributed by atoms with Gasteiger partial charge in [-0.25, -0.2) is 13.8 Å². The zero-order valence-corrected chi connectivity index (χ0v) is 8.28. The molecular formula is C8H5ClF5NO. The SMILES string of the molecule is OCc1nc(Cl)cc(C(F)F)c1C(F)(F)F. The van der Waals surface area contributed by atoms with Crippen molar-refractivity contribution in [3.8, 4) is 0 Å². The number of rotatable bonds is 2.